The van der Waals surface area contributed by atoms with Gasteiger partial charge in [-0.05, 0) is 42.6 Å². The molecule has 7 nitrogen and oxygen atoms in total. The Balaban J connectivity index is 1.79. The number of carbonyl (C=O) groups is 3. The van der Waals surface area contributed by atoms with Crippen molar-refractivity contribution in [3.63, 3.8) is 0 Å². The van der Waals surface area contributed by atoms with E-state index in [1.807, 2.05) is 30.3 Å². The van der Waals surface area contributed by atoms with Crippen LogP contribution in [0.2, 0.25) is 0 Å². The fraction of sp³-hybridized carbons (Fsp3) is 0.0909. The Morgan fingerprint density at radius 3 is 2.71 bits per heavy atom. The Labute approximate surface area is 191 Å². The first-order chi connectivity index (χ1) is 14.9. The molecule has 0 saturated carbocycles. The van der Waals surface area contributed by atoms with Gasteiger partial charge in [0, 0.05) is 27.1 Å². The predicted octanol–water partition coefficient (Wildman–Crippen LogP) is 3.41. The maximum atomic E-state index is 13.2. The Kier molecular flexibility index (Phi) is 5.71. The number of hydrogen-bond acceptors (Lipinski definition) is 5. The molecule has 1 N–H and O–H groups in total. The molecule has 0 spiro atoms. The maximum absolute atomic E-state index is 13.2. The number of aromatic nitrogens is 1. The molecule has 1 fully saturated rings. The van der Waals surface area contributed by atoms with Crippen molar-refractivity contribution in [2.75, 3.05) is 12.0 Å². The van der Waals surface area contributed by atoms with E-state index in [9.17, 15) is 14.4 Å². The molecule has 4 rings (SSSR count). The minimum absolute atomic E-state index is 0.00851. The van der Waals surface area contributed by atoms with E-state index < -0.39 is 17.8 Å². The van der Waals surface area contributed by atoms with E-state index in [-0.39, 0.29) is 17.2 Å². The second-order valence-corrected chi connectivity index (χ2v) is 8.05. The molecular formula is C22H16BrN3O4S. The average Bonchev–Trinajstić information content (AvgIpc) is 3.08. The first-order valence-electron chi connectivity index (χ1n) is 9.21. The highest BCUT2D eigenvalue weighted by atomic mass is 79.9. The lowest BCUT2D eigenvalue weighted by atomic mass is 10.1. The van der Waals surface area contributed by atoms with E-state index in [0.29, 0.717) is 11.3 Å². The van der Waals surface area contributed by atoms with E-state index in [1.54, 1.807) is 29.0 Å². The number of methoxy groups -OCH3 is 1. The summed E-state index contributed by atoms with van der Waals surface area (Å²) in [6.07, 6.45) is 3.23. The monoisotopic (exact) mass is 497 g/mol. The number of anilines is 1. The van der Waals surface area contributed by atoms with Crippen LogP contribution in [0, 0.1) is 0 Å². The van der Waals surface area contributed by atoms with E-state index in [1.165, 1.54) is 18.1 Å². The number of rotatable bonds is 4. The highest BCUT2D eigenvalue weighted by molar-refractivity contribution is 9.10. The van der Waals surface area contributed by atoms with Gasteiger partial charge in [0.25, 0.3) is 11.8 Å². The summed E-state index contributed by atoms with van der Waals surface area (Å²) < 4.78 is 7.25. The van der Waals surface area contributed by atoms with Crippen LogP contribution >= 0.6 is 28.1 Å². The van der Waals surface area contributed by atoms with Gasteiger partial charge in [0.1, 0.15) is 12.1 Å². The van der Waals surface area contributed by atoms with Crippen molar-refractivity contribution in [1.29, 1.82) is 0 Å². The molecule has 3 aromatic rings. The van der Waals surface area contributed by atoms with Gasteiger partial charge in [-0.2, -0.15) is 0 Å². The Bertz CT molecular complexity index is 1280. The lowest BCUT2D eigenvalue weighted by Gasteiger charge is -2.29. The van der Waals surface area contributed by atoms with Crippen molar-refractivity contribution in [3.8, 4) is 0 Å². The van der Waals surface area contributed by atoms with Crippen molar-refractivity contribution < 1.29 is 19.1 Å². The molecule has 1 aromatic heterocycles. The number of benzene rings is 2. The lowest BCUT2D eigenvalue weighted by molar-refractivity contribution is -0.141. The number of ether oxygens (including phenoxy) is 1. The van der Waals surface area contributed by atoms with Crippen LogP contribution in [0.15, 0.2) is 64.8 Å². The van der Waals surface area contributed by atoms with Crippen LogP contribution in [-0.2, 0) is 25.7 Å². The van der Waals surface area contributed by atoms with Gasteiger partial charge in [-0.15, -0.1) is 0 Å². The highest BCUT2D eigenvalue weighted by Gasteiger charge is 2.34. The van der Waals surface area contributed by atoms with Crippen LogP contribution in [0.25, 0.3) is 17.0 Å². The van der Waals surface area contributed by atoms with Crippen molar-refractivity contribution in [1.82, 2.24) is 9.88 Å². The van der Waals surface area contributed by atoms with Gasteiger partial charge in [0.05, 0.1) is 12.8 Å². The van der Waals surface area contributed by atoms with E-state index in [0.717, 1.165) is 15.4 Å². The van der Waals surface area contributed by atoms with E-state index >= 15 is 0 Å². The van der Waals surface area contributed by atoms with E-state index in [4.69, 9.17) is 17.0 Å². The number of amides is 2. The van der Waals surface area contributed by atoms with Gasteiger partial charge in [0.15, 0.2) is 5.11 Å². The molecule has 0 aliphatic carbocycles. The van der Waals surface area contributed by atoms with Crippen LogP contribution < -0.4 is 10.2 Å². The van der Waals surface area contributed by atoms with Crippen LogP contribution in [-0.4, -0.2) is 34.6 Å². The summed E-state index contributed by atoms with van der Waals surface area (Å²) in [5.74, 6) is -1.51. The molecule has 0 atom stereocenters. The number of hydrogen-bond donors (Lipinski definition) is 1. The Morgan fingerprint density at radius 1 is 1.19 bits per heavy atom. The molecule has 0 bridgehead atoms. The van der Waals surface area contributed by atoms with Gasteiger partial charge >= 0.3 is 5.97 Å². The predicted molar refractivity (Wildman–Crippen MR) is 124 cm³/mol. The molecule has 1 aliphatic heterocycles. The maximum Gasteiger partial charge on any atom is 0.325 e. The molecular weight excluding hydrogens is 482 g/mol. The van der Waals surface area contributed by atoms with E-state index in [2.05, 4.69) is 21.2 Å². The smallest absolute Gasteiger partial charge is 0.325 e. The summed E-state index contributed by atoms with van der Waals surface area (Å²) in [7, 11) is 1.32. The summed E-state index contributed by atoms with van der Waals surface area (Å²) in [5.41, 5.74) is 1.88. The van der Waals surface area contributed by atoms with Gasteiger partial charge in [-0.1, -0.05) is 40.2 Å². The summed E-state index contributed by atoms with van der Waals surface area (Å²) in [4.78, 5) is 38.9. The number of para-hydroxylation sites is 1. The number of fused-ring (bicyclic) bond motifs is 1. The highest BCUT2D eigenvalue weighted by Crippen LogP contribution is 2.27. The molecule has 0 radical (unpaired) electrons. The Morgan fingerprint density at radius 2 is 1.97 bits per heavy atom. The summed E-state index contributed by atoms with van der Waals surface area (Å²) in [6.45, 7) is 0.00851. The summed E-state index contributed by atoms with van der Waals surface area (Å²) in [5, 5.41) is 3.38. The van der Waals surface area contributed by atoms with Crippen molar-refractivity contribution >= 4 is 73.7 Å². The third-order valence-electron chi connectivity index (χ3n) is 4.81. The fourth-order valence-electron chi connectivity index (χ4n) is 3.39. The fourth-order valence-corrected chi connectivity index (χ4v) is 4.06. The summed E-state index contributed by atoms with van der Waals surface area (Å²) in [6, 6.07) is 14.5. The molecule has 1 aliphatic rings. The lowest BCUT2D eigenvalue weighted by Crippen LogP contribution is -2.54. The van der Waals surface area contributed by atoms with Gasteiger partial charge < -0.3 is 9.30 Å². The van der Waals surface area contributed by atoms with Crippen molar-refractivity contribution in [2.45, 2.75) is 6.54 Å². The standard InChI is InChI=1S/C22H16BrN3O4S/c1-30-19(27)12-25-11-13(16-7-2-3-8-18(16)25)9-17-20(28)24-22(31)26(21(17)29)15-6-4-5-14(23)10-15/h2-11H,12H2,1H3,(H,24,28,31). The average molecular weight is 498 g/mol. The third kappa shape index (κ3) is 4.01. The normalized spacial score (nSPS) is 15.5. The molecule has 31 heavy (non-hydrogen) atoms. The largest absolute Gasteiger partial charge is 0.468 e. The molecule has 2 heterocycles. The van der Waals surface area contributed by atoms with Crippen LogP contribution in [0.3, 0.4) is 0 Å². The van der Waals surface area contributed by atoms with Crippen molar-refractivity contribution in [3.05, 3.63) is 70.3 Å². The number of thiocarbonyl (C=S) groups is 1. The van der Waals surface area contributed by atoms with Crippen molar-refractivity contribution in [2.24, 2.45) is 0 Å². The quantitative estimate of drug-likeness (QED) is 0.258. The zero-order chi connectivity index (χ0) is 22.1. The third-order valence-corrected chi connectivity index (χ3v) is 5.59. The first kappa shape index (κ1) is 21.0. The van der Waals surface area contributed by atoms with Gasteiger partial charge in [0.2, 0.25) is 0 Å². The molecule has 1 saturated heterocycles. The molecule has 9 heteroatoms. The van der Waals surface area contributed by atoms with Gasteiger partial charge in [-0.3, -0.25) is 24.6 Å². The second-order valence-electron chi connectivity index (χ2n) is 6.74. The van der Waals surface area contributed by atoms with Gasteiger partial charge in [-0.25, -0.2) is 0 Å². The van der Waals surface area contributed by atoms with Crippen LogP contribution in [0.5, 0.6) is 0 Å². The molecule has 156 valence electrons. The number of nitrogens with one attached hydrogen (secondary N) is 1. The topological polar surface area (TPSA) is 80.6 Å². The zero-order valence-corrected chi connectivity index (χ0v) is 18.7. The zero-order valence-electron chi connectivity index (χ0n) is 16.3. The Hall–Kier alpha value is -3.30. The SMILES string of the molecule is COC(=O)Cn1cc(C=C2C(=O)NC(=S)N(c3cccc(Br)c3)C2=O)c2ccccc21. The summed E-state index contributed by atoms with van der Waals surface area (Å²) >= 11 is 8.62. The number of halogens is 1. The number of nitrogens with zero attached hydrogens (tertiary/aromatic N) is 2. The minimum atomic E-state index is -0.578. The van der Waals surface area contributed by atoms with Crippen LogP contribution in [0.4, 0.5) is 5.69 Å². The number of carbonyl (C=O) groups excluding carboxylic acids is 3. The molecule has 0 unspecified atom stereocenters. The molecule has 2 aromatic carbocycles. The first-order valence-corrected chi connectivity index (χ1v) is 10.4. The number of esters is 1. The molecule has 2 amide bonds. The minimum Gasteiger partial charge on any atom is -0.468 e. The second kappa shape index (κ2) is 8.44. The van der Waals surface area contributed by atoms with Crippen LogP contribution in [0.1, 0.15) is 5.56 Å².